The number of hydrogen-bond donors (Lipinski definition) is 0. The summed E-state index contributed by atoms with van der Waals surface area (Å²) < 4.78 is 5.09. The van der Waals surface area contributed by atoms with Crippen LogP contribution < -0.4 is 0 Å². The fraction of sp³-hybridized carbons (Fsp3) is 0.286. The van der Waals surface area contributed by atoms with Crippen LogP contribution in [0.25, 0.3) is 0 Å². The molecule has 2 rings (SSSR count). The third-order valence-corrected chi connectivity index (χ3v) is 3.74. The Bertz CT molecular complexity index is 460. The molecule has 1 aromatic carbocycles. The molecule has 16 heavy (non-hydrogen) atoms. The standard InChI is InChI=1S/C14H15BrO/c1-10-3-4-12(7-11(10)2)8-14(15)13-5-6-16-9-13/h3-7,9,14H,8H2,1-2H3. The zero-order chi connectivity index (χ0) is 11.5. The Balaban J connectivity index is 2.12. The van der Waals surface area contributed by atoms with Gasteiger partial charge in [-0.3, -0.25) is 0 Å². The fourth-order valence-electron chi connectivity index (χ4n) is 1.71. The maximum Gasteiger partial charge on any atom is 0.0946 e. The Labute approximate surface area is 105 Å². The van der Waals surface area contributed by atoms with Gasteiger partial charge in [0.25, 0.3) is 0 Å². The molecule has 0 amide bonds. The highest BCUT2D eigenvalue weighted by Crippen LogP contribution is 2.27. The topological polar surface area (TPSA) is 13.1 Å². The van der Waals surface area contributed by atoms with E-state index in [1.165, 1.54) is 22.3 Å². The first-order chi connectivity index (χ1) is 7.66. The average molecular weight is 279 g/mol. The van der Waals surface area contributed by atoms with Gasteiger partial charge in [-0.05, 0) is 43.0 Å². The van der Waals surface area contributed by atoms with Crippen LogP contribution in [-0.2, 0) is 6.42 Å². The molecule has 0 radical (unpaired) electrons. The van der Waals surface area contributed by atoms with Crippen LogP contribution in [0.3, 0.4) is 0 Å². The van der Waals surface area contributed by atoms with Gasteiger partial charge in [-0.2, -0.15) is 0 Å². The van der Waals surface area contributed by atoms with E-state index in [1.807, 2.05) is 6.07 Å². The highest BCUT2D eigenvalue weighted by atomic mass is 79.9. The largest absolute Gasteiger partial charge is 0.472 e. The van der Waals surface area contributed by atoms with Crippen LogP contribution in [0.15, 0.2) is 41.2 Å². The van der Waals surface area contributed by atoms with Gasteiger partial charge in [-0.15, -0.1) is 0 Å². The number of benzene rings is 1. The number of halogens is 1. The average Bonchev–Trinajstić information content (AvgIpc) is 2.77. The Morgan fingerprint density at radius 3 is 2.62 bits per heavy atom. The van der Waals surface area contributed by atoms with Gasteiger partial charge < -0.3 is 4.42 Å². The summed E-state index contributed by atoms with van der Waals surface area (Å²) in [6.45, 7) is 4.29. The fourth-order valence-corrected chi connectivity index (χ4v) is 2.34. The van der Waals surface area contributed by atoms with E-state index in [2.05, 4.69) is 48.0 Å². The smallest absolute Gasteiger partial charge is 0.0946 e. The molecule has 0 spiro atoms. The minimum Gasteiger partial charge on any atom is -0.472 e. The molecule has 1 atom stereocenters. The van der Waals surface area contributed by atoms with Crippen LogP contribution >= 0.6 is 15.9 Å². The van der Waals surface area contributed by atoms with Crippen molar-refractivity contribution in [2.24, 2.45) is 0 Å². The van der Waals surface area contributed by atoms with Gasteiger partial charge in [0.15, 0.2) is 0 Å². The second-order valence-corrected chi connectivity index (χ2v) is 5.25. The molecular formula is C14H15BrO. The van der Waals surface area contributed by atoms with Crippen LogP contribution in [-0.4, -0.2) is 0 Å². The lowest BCUT2D eigenvalue weighted by atomic mass is 10.0. The van der Waals surface area contributed by atoms with E-state index in [4.69, 9.17) is 4.42 Å². The summed E-state index contributed by atoms with van der Waals surface area (Å²) in [5.41, 5.74) is 5.24. The zero-order valence-corrected chi connectivity index (χ0v) is 11.1. The Kier molecular flexibility index (Phi) is 3.49. The van der Waals surface area contributed by atoms with Gasteiger partial charge in [0.05, 0.1) is 12.5 Å². The van der Waals surface area contributed by atoms with Crippen LogP contribution in [0.1, 0.15) is 27.1 Å². The van der Waals surface area contributed by atoms with Gasteiger partial charge >= 0.3 is 0 Å². The van der Waals surface area contributed by atoms with Crippen LogP contribution in [0.4, 0.5) is 0 Å². The lowest BCUT2D eigenvalue weighted by Crippen LogP contribution is -1.95. The molecule has 1 unspecified atom stereocenters. The molecule has 0 aliphatic heterocycles. The predicted molar refractivity (Wildman–Crippen MR) is 70.0 cm³/mol. The van der Waals surface area contributed by atoms with Crippen molar-refractivity contribution in [3.63, 3.8) is 0 Å². The normalized spacial score (nSPS) is 12.7. The summed E-state index contributed by atoms with van der Waals surface area (Å²) >= 11 is 3.68. The minimum absolute atomic E-state index is 0.327. The number of rotatable bonds is 3. The maximum absolute atomic E-state index is 5.09. The second-order valence-electron chi connectivity index (χ2n) is 4.15. The molecule has 1 heterocycles. The highest BCUT2D eigenvalue weighted by molar-refractivity contribution is 9.09. The number of alkyl halides is 1. The third kappa shape index (κ3) is 2.56. The molecule has 2 heteroatoms. The summed E-state index contributed by atoms with van der Waals surface area (Å²) in [6.07, 6.45) is 4.49. The van der Waals surface area contributed by atoms with Gasteiger partial charge in [0, 0.05) is 10.4 Å². The van der Waals surface area contributed by atoms with Crippen molar-refractivity contribution >= 4 is 15.9 Å². The molecule has 0 saturated heterocycles. The van der Waals surface area contributed by atoms with E-state index in [0.717, 1.165) is 6.42 Å². The Hall–Kier alpha value is -1.02. The highest BCUT2D eigenvalue weighted by Gasteiger charge is 2.09. The van der Waals surface area contributed by atoms with E-state index >= 15 is 0 Å². The first-order valence-corrected chi connectivity index (χ1v) is 6.30. The van der Waals surface area contributed by atoms with Crippen molar-refractivity contribution in [1.29, 1.82) is 0 Å². The molecule has 0 saturated carbocycles. The number of aryl methyl sites for hydroxylation is 2. The molecule has 0 fully saturated rings. The summed E-state index contributed by atoms with van der Waals surface area (Å²) in [7, 11) is 0. The van der Waals surface area contributed by atoms with Crippen molar-refractivity contribution in [2.75, 3.05) is 0 Å². The molecule has 0 bridgehead atoms. The second kappa shape index (κ2) is 4.88. The molecule has 84 valence electrons. The van der Waals surface area contributed by atoms with Crippen LogP contribution in [0.2, 0.25) is 0 Å². The number of furan rings is 1. The van der Waals surface area contributed by atoms with Crippen molar-refractivity contribution in [3.05, 3.63) is 59.0 Å². The molecule has 1 aromatic heterocycles. The maximum atomic E-state index is 5.09. The lowest BCUT2D eigenvalue weighted by molar-refractivity contribution is 0.563. The molecule has 0 N–H and O–H groups in total. The Morgan fingerprint density at radius 1 is 1.19 bits per heavy atom. The van der Waals surface area contributed by atoms with E-state index in [1.54, 1.807) is 12.5 Å². The van der Waals surface area contributed by atoms with E-state index in [-0.39, 0.29) is 0 Å². The summed E-state index contributed by atoms with van der Waals surface area (Å²) in [4.78, 5) is 0.327. The summed E-state index contributed by atoms with van der Waals surface area (Å²) in [5, 5.41) is 0. The number of hydrogen-bond acceptors (Lipinski definition) is 1. The molecule has 0 aliphatic rings. The van der Waals surface area contributed by atoms with Crippen molar-refractivity contribution in [2.45, 2.75) is 25.1 Å². The monoisotopic (exact) mass is 278 g/mol. The van der Waals surface area contributed by atoms with Gasteiger partial charge in [0.2, 0.25) is 0 Å². The van der Waals surface area contributed by atoms with Crippen molar-refractivity contribution in [3.8, 4) is 0 Å². The van der Waals surface area contributed by atoms with Gasteiger partial charge in [-0.25, -0.2) is 0 Å². The van der Waals surface area contributed by atoms with Crippen molar-refractivity contribution in [1.82, 2.24) is 0 Å². The third-order valence-electron chi connectivity index (χ3n) is 2.89. The molecular weight excluding hydrogens is 264 g/mol. The molecule has 1 nitrogen and oxygen atoms in total. The first-order valence-electron chi connectivity index (χ1n) is 5.39. The van der Waals surface area contributed by atoms with E-state index < -0.39 is 0 Å². The molecule has 0 aliphatic carbocycles. The van der Waals surface area contributed by atoms with E-state index in [9.17, 15) is 0 Å². The van der Waals surface area contributed by atoms with Crippen molar-refractivity contribution < 1.29 is 4.42 Å². The van der Waals surface area contributed by atoms with E-state index in [0.29, 0.717) is 4.83 Å². The van der Waals surface area contributed by atoms with Gasteiger partial charge in [0.1, 0.15) is 0 Å². The van der Waals surface area contributed by atoms with Gasteiger partial charge in [-0.1, -0.05) is 34.1 Å². The predicted octanol–water partition coefficient (Wildman–Crippen LogP) is 4.58. The summed E-state index contributed by atoms with van der Waals surface area (Å²) in [5.74, 6) is 0. The quantitative estimate of drug-likeness (QED) is 0.750. The summed E-state index contributed by atoms with van der Waals surface area (Å²) in [6, 6.07) is 8.63. The van der Waals surface area contributed by atoms with Crippen LogP contribution in [0.5, 0.6) is 0 Å². The molecule has 2 aromatic rings. The lowest BCUT2D eigenvalue weighted by Gasteiger charge is -2.09. The zero-order valence-electron chi connectivity index (χ0n) is 9.53. The Morgan fingerprint density at radius 2 is 2.00 bits per heavy atom. The minimum atomic E-state index is 0.327. The van der Waals surface area contributed by atoms with Crippen LogP contribution in [0, 0.1) is 13.8 Å². The SMILES string of the molecule is Cc1ccc(CC(Br)c2ccoc2)cc1C. The first kappa shape index (κ1) is 11.5.